The van der Waals surface area contributed by atoms with E-state index in [4.69, 9.17) is 24.3 Å². The Morgan fingerprint density at radius 2 is 0.869 bits per heavy atom. The molecule has 61 heavy (non-hydrogen) atoms. The van der Waals surface area contributed by atoms with Gasteiger partial charge in [-0.3, -0.25) is 18.6 Å². The number of nitrogens with two attached hydrogens (primary N) is 1. The van der Waals surface area contributed by atoms with Crippen LogP contribution in [-0.2, 0) is 32.7 Å². The number of carbonyl (C=O) groups excluding carboxylic acids is 2. The van der Waals surface area contributed by atoms with Crippen molar-refractivity contribution in [3.8, 4) is 0 Å². The lowest BCUT2D eigenvalue weighted by atomic mass is 10.0. The van der Waals surface area contributed by atoms with E-state index in [-0.39, 0.29) is 38.6 Å². The Hall–Kier alpha value is -1.51. The third kappa shape index (κ3) is 47.8. The number of carbonyl (C=O) groups is 2. The van der Waals surface area contributed by atoms with Gasteiger partial charge in [-0.05, 0) is 38.5 Å². The molecule has 0 aromatic carbocycles. The monoisotopic (exact) mass is 884 g/mol. The second-order valence-corrected chi connectivity index (χ2v) is 18.9. The van der Waals surface area contributed by atoms with Crippen LogP contribution in [0.25, 0.3) is 0 Å². The van der Waals surface area contributed by atoms with Gasteiger partial charge in [0.2, 0.25) is 0 Å². The molecular weight excluding hydrogens is 786 g/mol. The van der Waals surface area contributed by atoms with Crippen molar-refractivity contribution in [1.82, 2.24) is 0 Å². The molecule has 0 heterocycles. The van der Waals surface area contributed by atoms with E-state index < -0.39 is 26.5 Å². The second kappa shape index (κ2) is 48.0. The number of allylic oxidation sites excluding steroid dienone is 4. The molecular formula is C51H98NO8P. The number of ether oxygens (including phenoxy) is 2. The van der Waals surface area contributed by atoms with E-state index >= 15 is 0 Å². The van der Waals surface area contributed by atoms with Gasteiger partial charge >= 0.3 is 19.8 Å². The van der Waals surface area contributed by atoms with Crippen molar-refractivity contribution in [3.05, 3.63) is 24.3 Å². The van der Waals surface area contributed by atoms with E-state index in [9.17, 15) is 19.0 Å². The maximum Gasteiger partial charge on any atom is 0.472 e. The van der Waals surface area contributed by atoms with Gasteiger partial charge in [-0.2, -0.15) is 0 Å². The Balaban J connectivity index is 3.93. The van der Waals surface area contributed by atoms with Crippen LogP contribution < -0.4 is 5.73 Å². The normalized spacial score (nSPS) is 13.3. The molecule has 0 fully saturated rings. The average molecular weight is 884 g/mol. The standard InChI is InChI=1S/C51H98NO8P/c1-3-5-7-9-11-13-15-17-19-20-21-22-23-24-25-26-27-28-29-30-32-33-35-37-39-41-43-50(53)57-47-49(48-59-61(55,56)58-46-45-52)60-51(54)44-42-40-38-36-34-31-18-16-14-12-10-8-6-4-2/h10,12,16,18,49H,3-9,11,13-15,17,19-48,52H2,1-2H3,(H,55,56)/b12-10-,18-16-. The van der Waals surface area contributed by atoms with Gasteiger partial charge < -0.3 is 20.1 Å². The molecule has 0 bridgehead atoms. The maximum atomic E-state index is 12.6. The quantitative estimate of drug-likeness (QED) is 0.0265. The predicted molar refractivity (Wildman–Crippen MR) is 257 cm³/mol. The minimum atomic E-state index is -4.38. The van der Waals surface area contributed by atoms with Crippen molar-refractivity contribution >= 4 is 19.8 Å². The van der Waals surface area contributed by atoms with E-state index in [2.05, 4.69) is 38.2 Å². The highest BCUT2D eigenvalue weighted by molar-refractivity contribution is 7.47. The summed E-state index contributed by atoms with van der Waals surface area (Å²) in [6, 6.07) is 0. The van der Waals surface area contributed by atoms with Crippen molar-refractivity contribution in [3.63, 3.8) is 0 Å². The number of phosphoric ester groups is 1. The molecule has 9 nitrogen and oxygen atoms in total. The van der Waals surface area contributed by atoms with Crippen molar-refractivity contribution in [1.29, 1.82) is 0 Å². The van der Waals surface area contributed by atoms with Gasteiger partial charge in [0.15, 0.2) is 6.10 Å². The van der Waals surface area contributed by atoms with Crippen LogP contribution in [0.4, 0.5) is 0 Å². The molecule has 0 rings (SSSR count). The third-order valence-corrected chi connectivity index (χ3v) is 12.3. The van der Waals surface area contributed by atoms with Crippen LogP contribution in [-0.4, -0.2) is 49.3 Å². The molecule has 0 spiro atoms. The number of rotatable bonds is 49. The van der Waals surface area contributed by atoms with E-state index in [0.717, 1.165) is 64.2 Å². The van der Waals surface area contributed by atoms with Crippen molar-refractivity contribution < 1.29 is 37.6 Å². The zero-order valence-corrected chi connectivity index (χ0v) is 40.8. The maximum absolute atomic E-state index is 12.6. The summed E-state index contributed by atoms with van der Waals surface area (Å²) in [6.07, 6.45) is 53.8. The highest BCUT2D eigenvalue weighted by Crippen LogP contribution is 2.43. The third-order valence-electron chi connectivity index (χ3n) is 11.3. The lowest BCUT2D eigenvalue weighted by Gasteiger charge is -2.19. The lowest BCUT2D eigenvalue weighted by Crippen LogP contribution is -2.29. The van der Waals surface area contributed by atoms with Crippen molar-refractivity contribution in [2.24, 2.45) is 5.73 Å². The Labute approximate surface area is 376 Å². The summed E-state index contributed by atoms with van der Waals surface area (Å²) < 4.78 is 32.9. The first kappa shape index (κ1) is 59.5. The Morgan fingerprint density at radius 3 is 1.30 bits per heavy atom. The van der Waals surface area contributed by atoms with Crippen LogP contribution in [0.15, 0.2) is 24.3 Å². The molecule has 0 amide bonds. The first-order valence-electron chi connectivity index (χ1n) is 25.8. The first-order valence-corrected chi connectivity index (χ1v) is 27.3. The molecule has 0 aliphatic carbocycles. The molecule has 0 aromatic heterocycles. The van der Waals surface area contributed by atoms with E-state index in [1.165, 1.54) is 161 Å². The highest BCUT2D eigenvalue weighted by atomic mass is 31.2. The summed E-state index contributed by atoms with van der Waals surface area (Å²) in [5.41, 5.74) is 5.36. The summed E-state index contributed by atoms with van der Waals surface area (Å²) in [6.45, 7) is 3.72. The van der Waals surface area contributed by atoms with Gasteiger partial charge in [-0.1, -0.05) is 231 Å². The van der Waals surface area contributed by atoms with Gasteiger partial charge in [0.25, 0.3) is 0 Å². The molecule has 10 heteroatoms. The molecule has 0 aliphatic heterocycles. The number of unbranched alkanes of at least 4 members (excludes halogenated alkanes) is 32. The fourth-order valence-corrected chi connectivity index (χ4v) is 8.24. The Morgan fingerprint density at radius 1 is 0.492 bits per heavy atom. The van der Waals surface area contributed by atoms with Gasteiger partial charge in [-0.25, -0.2) is 4.57 Å². The van der Waals surface area contributed by atoms with Crippen LogP contribution in [0, 0.1) is 0 Å². The number of esters is 2. The zero-order valence-electron chi connectivity index (χ0n) is 39.9. The molecule has 0 radical (unpaired) electrons. The lowest BCUT2D eigenvalue weighted by molar-refractivity contribution is -0.161. The summed E-state index contributed by atoms with van der Waals surface area (Å²) in [4.78, 5) is 35.0. The van der Waals surface area contributed by atoms with Crippen LogP contribution in [0.3, 0.4) is 0 Å². The summed E-state index contributed by atoms with van der Waals surface area (Å²) >= 11 is 0. The smallest absolute Gasteiger partial charge is 0.462 e. The van der Waals surface area contributed by atoms with Crippen LogP contribution >= 0.6 is 7.82 Å². The molecule has 2 atom stereocenters. The van der Waals surface area contributed by atoms with E-state index in [0.29, 0.717) is 6.42 Å². The Bertz CT molecular complexity index is 1050. The van der Waals surface area contributed by atoms with Crippen LogP contribution in [0.2, 0.25) is 0 Å². The Kier molecular flexibility index (Phi) is 46.8. The average Bonchev–Trinajstić information content (AvgIpc) is 3.25. The minimum Gasteiger partial charge on any atom is -0.462 e. The van der Waals surface area contributed by atoms with Crippen LogP contribution in [0.5, 0.6) is 0 Å². The molecule has 360 valence electrons. The number of hydrogen-bond donors (Lipinski definition) is 2. The molecule has 0 aromatic rings. The van der Waals surface area contributed by atoms with E-state index in [1.807, 2.05) is 0 Å². The topological polar surface area (TPSA) is 134 Å². The van der Waals surface area contributed by atoms with E-state index in [1.54, 1.807) is 0 Å². The number of phosphoric acid groups is 1. The predicted octanol–water partition coefficient (Wildman–Crippen LogP) is 15.5. The SMILES string of the molecule is CCCC/C=C\C/C=C\CCCCCCCC(=O)OC(COC(=O)CCCCCCCCCCCCCCCCCCCCCCCCCCCC)COP(=O)(O)OCCN. The van der Waals surface area contributed by atoms with Gasteiger partial charge in [0.1, 0.15) is 6.61 Å². The molecule has 3 N–H and O–H groups in total. The van der Waals surface area contributed by atoms with Crippen LogP contribution in [0.1, 0.15) is 258 Å². The molecule has 0 saturated heterocycles. The largest absolute Gasteiger partial charge is 0.472 e. The minimum absolute atomic E-state index is 0.0527. The zero-order chi connectivity index (χ0) is 44.6. The summed E-state index contributed by atoms with van der Waals surface area (Å²) in [7, 11) is -4.38. The first-order chi connectivity index (χ1) is 29.8. The van der Waals surface area contributed by atoms with Crippen molar-refractivity contribution in [2.75, 3.05) is 26.4 Å². The molecule has 0 aliphatic rings. The summed E-state index contributed by atoms with van der Waals surface area (Å²) in [5.74, 6) is -0.833. The molecule has 0 saturated carbocycles. The fraction of sp³-hybridized carbons (Fsp3) is 0.882. The number of hydrogen-bond acceptors (Lipinski definition) is 8. The van der Waals surface area contributed by atoms with Gasteiger partial charge in [0.05, 0.1) is 13.2 Å². The summed E-state index contributed by atoms with van der Waals surface area (Å²) in [5, 5.41) is 0. The highest BCUT2D eigenvalue weighted by Gasteiger charge is 2.26. The second-order valence-electron chi connectivity index (χ2n) is 17.4. The molecule has 2 unspecified atom stereocenters. The van der Waals surface area contributed by atoms with Gasteiger partial charge in [0, 0.05) is 19.4 Å². The van der Waals surface area contributed by atoms with Gasteiger partial charge in [-0.15, -0.1) is 0 Å². The van der Waals surface area contributed by atoms with Crippen molar-refractivity contribution in [2.45, 2.75) is 264 Å². The fourth-order valence-electron chi connectivity index (χ4n) is 7.48.